The van der Waals surface area contributed by atoms with Crippen LogP contribution in [0.2, 0.25) is 0 Å². The van der Waals surface area contributed by atoms with Crippen LogP contribution in [0.5, 0.6) is 5.75 Å². The zero-order chi connectivity index (χ0) is 20.1. The third-order valence-corrected chi connectivity index (χ3v) is 4.99. The first-order valence-electron chi connectivity index (χ1n) is 9.63. The van der Waals surface area contributed by atoms with E-state index in [4.69, 9.17) is 9.72 Å². The number of rotatable bonds is 6. The Kier molecular flexibility index (Phi) is 6.46. The number of nitrogens with zero attached hydrogens (tertiary/aromatic N) is 4. The van der Waals surface area contributed by atoms with E-state index in [9.17, 15) is 4.79 Å². The fourth-order valence-corrected chi connectivity index (χ4v) is 3.38. The zero-order valence-electron chi connectivity index (χ0n) is 17.1. The second-order valence-corrected chi connectivity index (χ2v) is 7.40. The third kappa shape index (κ3) is 4.78. The van der Waals surface area contributed by atoms with E-state index in [0.29, 0.717) is 29.6 Å². The number of methoxy groups -OCH3 is 1. The zero-order valence-corrected chi connectivity index (χ0v) is 17.1. The average molecular weight is 383 g/mol. The summed E-state index contributed by atoms with van der Waals surface area (Å²) in [4.78, 5) is 25.9. The molecule has 1 aromatic heterocycles. The molecule has 0 saturated carbocycles. The Morgan fingerprint density at radius 3 is 2.75 bits per heavy atom. The molecule has 1 saturated heterocycles. The molecule has 1 fully saturated rings. The smallest absolute Gasteiger partial charge is 0.254 e. The van der Waals surface area contributed by atoms with E-state index in [0.717, 1.165) is 37.4 Å². The van der Waals surface area contributed by atoms with Crippen LogP contribution in [0.4, 0.5) is 5.82 Å². The van der Waals surface area contributed by atoms with Crippen molar-refractivity contribution in [2.45, 2.75) is 25.3 Å². The summed E-state index contributed by atoms with van der Waals surface area (Å²) in [7, 11) is 7.31. The summed E-state index contributed by atoms with van der Waals surface area (Å²) in [5.41, 5.74) is 1.63. The number of piperidine rings is 1. The molecule has 2 aromatic rings. The van der Waals surface area contributed by atoms with Crippen LogP contribution in [-0.4, -0.2) is 62.1 Å². The van der Waals surface area contributed by atoms with Gasteiger partial charge in [-0.25, -0.2) is 9.97 Å². The number of hydrogen-bond acceptors (Lipinski definition) is 6. The predicted molar refractivity (Wildman–Crippen MR) is 110 cm³/mol. The number of carbonyl (C=O) groups is 1. The first-order chi connectivity index (χ1) is 13.5. The maximum absolute atomic E-state index is 12.8. The summed E-state index contributed by atoms with van der Waals surface area (Å²) in [5.74, 6) is 2.49. The van der Waals surface area contributed by atoms with Gasteiger partial charge < -0.3 is 19.9 Å². The highest BCUT2D eigenvalue weighted by Crippen LogP contribution is 2.24. The van der Waals surface area contributed by atoms with Crippen LogP contribution < -0.4 is 15.0 Å². The molecule has 3 rings (SSSR count). The van der Waals surface area contributed by atoms with Crippen LogP contribution in [0.25, 0.3) is 0 Å². The van der Waals surface area contributed by atoms with Crippen molar-refractivity contribution < 1.29 is 9.53 Å². The minimum absolute atomic E-state index is 0.0846. The maximum Gasteiger partial charge on any atom is 0.254 e. The lowest BCUT2D eigenvalue weighted by Crippen LogP contribution is -2.30. The van der Waals surface area contributed by atoms with Gasteiger partial charge in [0, 0.05) is 45.2 Å². The molecule has 2 heterocycles. The molecule has 1 aliphatic rings. The van der Waals surface area contributed by atoms with Crippen molar-refractivity contribution >= 4 is 11.7 Å². The molecule has 0 bridgehead atoms. The van der Waals surface area contributed by atoms with Gasteiger partial charge in [0.1, 0.15) is 17.4 Å². The van der Waals surface area contributed by atoms with Crippen molar-refractivity contribution in [1.29, 1.82) is 0 Å². The minimum atomic E-state index is -0.0846. The summed E-state index contributed by atoms with van der Waals surface area (Å²) in [6.07, 6.45) is 2.27. The van der Waals surface area contributed by atoms with Crippen LogP contribution in [0, 0.1) is 0 Å². The van der Waals surface area contributed by atoms with E-state index in [1.54, 1.807) is 31.2 Å². The number of nitrogens with one attached hydrogen (secondary N) is 1. The molecule has 1 aliphatic heterocycles. The quantitative estimate of drug-likeness (QED) is 0.825. The number of carbonyl (C=O) groups excluding carboxylic acids is 1. The van der Waals surface area contributed by atoms with Gasteiger partial charge in [0.15, 0.2) is 0 Å². The molecule has 28 heavy (non-hydrogen) atoms. The first kappa shape index (κ1) is 20.1. The molecule has 7 nitrogen and oxygen atoms in total. The van der Waals surface area contributed by atoms with Crippen molar-refractivity contribution in [3.8, 4) is 5.75 Å². The van der Waals surface area contributed by atoms with Crippen molar-refractivity contribution in [3.63, 3.8) is 0 Å². The summed E-state index contributed by atoms with van der Waals surface area (Å²) in [6.45, 7) is 2.35. The fraction of sp³-hybridized carbons (Fsp3) is 0.476. The lowest BCUT2D eigenvalue weighted by molar-refractivity contribution is 0.0781. The van der Waals surface area contributed by atoms with Crippen molar-refractivity contribution in [1.82, 2.24) is 20.2 Å². The van der Waals surface area contributed by atoms with Gasteiger partial charge in [0.2, 0.25) is 0 Å². The number of aromatic nitrogens is 2. The highest BCUT2D eigenvalue weighted by Gasteiger charge is 2.20. The Balaban J connectivity index is 1.81. The van der Waals surface area contributed by atoms with Crippen LogP contribution >= 0.6 is 0 Å². The number of benzene rings is 1. The second-order valence-electron chi connectivity index (χ2n) is 7.40. The third-order valence-electron chi connectivity index (χ3n) is 4.99. The van der Waals surface area contributed by atoms with Crippen molar-refractivity contribution in [2.24, 2.45) is 0 Å². The van der Waals surface area contributed by atoms with Gasteiger partial charge in [-0.2, -0.15) is 0 Å². The molecule has 0 unspecified atom stereocenters. The highest BCUT2D eigenvalue weighted by atomic mass is 16.5. The molecule has 150 valence electrons. The van der Waals surface area contributed by atoms with Crippen molar-refractivity contribution in [2.75, 3.05) is 46.2 Å². The van der Waals surface area contributed by atoms with E-state index in [1.807, 2.05) is 31.1 Å². The van der Waals surface area contributed by atoms with Crippen LogP contribution in [-0.2, 0) is 6.54 Å². The molecule has 1 atom stereocenters. The number of amides is 1. The Labute approximate surface area is 166 Å². The fourth-order valence-electron chi connectivity index (χ4n) is 3.38. The molecule has 0 spiro atoms. The molecule has 1 aromatic carbocycles. The van der Waals surface area contributed by atoms with E-state index in [1.165, 1.54) is 0 Å². The highest BCUT2D eigenvalue weighted by molar-refractivity contribution is 5.94. The molecular weight excluding hydrogens is 354 g/mol. The Morgan fingerprint density at radius 2 is 2.07 bits per heavy atom. The van der Waals surface area contributed by atoms with Gasteiger partial charge in [0.25, 0.3) is 5.91 Å². The molecule has 1 amide bonds. The lowest BCUT2D eigenvalue weighted by Gasteiger charge is -2.24. The van der Waals surface area contributed by atoms with Gasteiger partial charge in [-0.05, 0) is 37.6 Å². The number of ether oxygens (including phenoxy) is 1. The predicted octanol–water partition coefficient (Wildman–Crippen LogP) is 2.29. The van der Waals surface area contributed by atoms with Crippen molar-refractivity contribution in [3.05, 3.63) is 47.4 Å². The Hall–Kier alpha value is -2.67. The Morgan fingerprint density at radius 1 is 1.25 bits per heavy atom. The molecular formula is C21H29N5O2. The van der Waals surface area contributed by atoms with Gasteiger partial charge in [-0.3, -0.25) is 4.79 Å². The molecule has 7 heteroatoms. The van der Waals surface area contributed by atoms with Gasteiger partial charge in [-0.15, -0.1) is 0 Å². The molecule has 0 radical (unpaired) electrons. The minimum Gasteiger partial charge on any atom is -0.497 e. The van der Waals surface area contributed by atoms with Gasteiger partial charge >= 0.3 is 0 Å². The largest absolute Gasteiger partial charge is 0.497 e. The maximum atomic E-state index is 12.8. The van der Waals surface area contributed by atoms with E-state index in [2.05, 4.69) is 16.4 Å². The second kappa shape index (κ2) is 9.01. The topological polar surface area (TPSA) is 70.6 Å². The normalized spacial score (nSPS) is 16.5. The number of anilines is 1. The van der Waals surface area contributed by atoms with Gasteiger partial charge in [-0.1, -0.05) is 6.07 Å². The summed E-state index contributed by atoms with van der Waals surface area (Å²) in [5, 5.41) is 3.44. The summed E-state index contributed by atoms with van der Waals surface area (Å²) >= 11 is 0. The Bertz CT molecular complexity index is 818. The van der Waals surface area contributed by atoms with Gasteiger partial charge in [0.05, 0.1) is 19.3 Å². The van der Waals surface area contributed by atoms with Crippen LogP contribution in [0.15, 0.2) is 30.3 Å². The van der Waals surface area contributed by atoms with E-state index >= 15 is 0 Å². The molecule has 0 aliphatic carbocycles. The summed E-state index contributed by atoms with van der Waals surface area (Å²) < 4.78 is 5.22. The first-order valence-corrected chi connectivity index (χ1v) is 9.63. The average Bonchev–Trinajstić information content (AvgIpc) is 2.73. The SMILES string of the molecule is COc1cccc(C(=O)N(C)Cc2nc([C@H]3CCCNC3)cc(N(C)C)n2)c1. The van der Waals surface area contributed by atoms with Crippen LogP contribution in [0.1, 0.15) is 40.6 Å². The summed E-state index contributed by atoms with van der Waals surface area (Å²) in [6, 6.07) is 9.24. The number of hydrogen-bond donors (Lipinski definition) is 1. The lowest BCUT2D eigenvalue weighted by atomic mass is 9.96. The van der Waals surface area contributed by atoms with Crippen LogP contribution in [0.3, 0.4) is 0 Å². The van der Waals surface area contributed by atoms with E-state index in [-0.39, 0.29) is 5.91 Å². The monoisotopic (exact) mass is 383 g/mol. The molecule has 1 N–H and O–H groups in total. The standard InChI is InChI=1S/C21H29N5O2/c1-25(2)20-12-18(16-8-6-10-22-13-16)23-19(24-20)14-26(3)21(27)15-7-5-9-17(11-15)28-4/h5,7,9,11-12,16,22H,6,8,10,13-14H2,1-4H3/t16-/m0/s1. The van der Waals surface area contributed by atoms with E-state index < -0.39 is 0 Å².